The van der Waals surface area contributed by atoms with Gasteiger partial charge in [0.1, 0.15) is 0 Å². The molecule has 2 atom stereocenters. The third kappa shape index (κ3) is 6.84. The molecular formula is C16H29NO2S. The lowest BCUT2D eigenvalue weighted by Gasteiger charge is -2.30. The Morgan fingerprint density at radius 1 is 1.30 bits per heavy atom. The third-order valence-electron chi connectivity index (χ3n) is 3.39. The molecule has 0 amide bonds. The van der Waals surface area contributed by atoms with E-state index >= 15 is 0 Å². The van der Waals surface area contributed by atoms with Gasteiger partial charge in [-0.3, -0.25) is 4.90 Å². The zero-order valence-electron chi connectivity index (χ0n) is 13.2. The molecule has 1 N–H and O–H groups in total. The van der Waals surface area contributed by atoms with Crippen molar-refractivity contribution >= 4 is 11.3 Å². The summed E-state index contributed by atoms with van der Waals surface area (Å²) in [7, 11) is 0. The number of hydrogen-bond acceptors (Lipinski definition) is 4. The number of rotatable bonds is 10. The van der Waals surface area contributed by atoms with Gasteiger partial charge in [-0.2, -0.15) is 11.3 Å². The minimum Gasteiger partial charge on any atom is -0.389 e. The van der Waals surface area contributed by atoms with Crippen molar-refractivity contribution in [2.24, 2.45) is 5.92 Å². The lowest BCUT2D eigenvalue weighted by molar-refractivity contribution is 0.000145. The Morgan fingerprint density at radius 3 is 2.60 bits per heavy atom. The zero-order chi connectivity index (χ0) is 15.0. The highest BCUT2D eigenvalue weighted by atomic mass is 32.1. The molecule has 0 aliphatic carbocycles. The quantitative estimate of drug-likeness (QED) is 0.719. The Kier molecular flexibility index (Phi) is 8.38. The second kappa shape index (κ2) is 9.50. The number of hydrogen-bond donors (Lipinski definition) is 1. The molecule has 116 valence electrons. The van der Waals surface area contributed by atoms with Crippen LogP contribution < -0.4 is 0 Å². The maximum atomic E-state index is 10.1. The summed E-state index contributed by atoms with van der Waals surface area (Å²) >= 11 is 1.72. The van der Waals surface area contributed by atoms with Crippen molar-refractivity contribution in [3.63, 3.8) is 0 Å². The van der Waals surface area contributed by atoms with Crippen LogP contribution >= 0.6 is 11.3 Å². The maximum Gasteiger partial charge on any atom is 0.0900 e. The minimum atomic E-state index is -0.415. The van der Waals surface area contributed by atoms with E-state index in [0.29, 0.717) is 31.7 Å². The highest BCUT2D eigenvalue weighted by Crippen LogP contribution is 2.14. The zero-order valence-corrected chi connectivity index (χ0v) is 14.0. The van der Waals surface area contributed by atoms with Gasteiger partial charge in [-0.25, -0.2) is 0 Å². The number of aliphatic hydroxyl groups excluding tert-OH is 1. The van der Waals surface area contributed by atoms with E-state index in [-0.39, 0.29) is 0 Å². The topological polar surface area (TPSA) is 32.7 Å². The summed E-state index contributed by atoms with van der Waals surface area (Å²) in [5.41, 5.74) is 1.32. The van der Waals surface area contributed by atoms with Crippen LogP contribution in [0.2, 0.25) is 0 Å². The molecule has 1 aromatic heterocycles. The van der Waals surface area contributed by atoms with Crippen LogP contribution in [0.5, 0.6) is 0 Å². The largest absolute Gasteiger partial charge is 0.389 e. The minimum absolute atomic E-state index is 0.415. The van der Waals surface area contributed by atoms with Gasteiger partial charge in [-0.15, -0.1) is 0 Å². The molecule has 2 unspecified atom stereocenters. The summed E-state index contributed by atoms with van der Waals surface area (Å²) in [6.07, 6.45) is 0.672. The van der Waals surface area contributed by atoms with E-state index in [1.54, 1.807) is 11.3 Å². The molecule has 0 saturated heterocycles. The summed E-state index contributed by atoms with van der Waals surface area (Å²) in [6, 6.07) is 2.62. The predicted molar refractivity (Wildman–Crippen MR) is 86.1 cm³/mol. The third-order valence-corrected chi connectivity index (χ3v) is 4.12. The lowest BCUT2D eigenvalue weighted by Crippen LogP contribution is -2.40. The monoisotopic (exact) mass is 299 g/mol. The fourth-order valence-electron chi connectivity index (χ4n) is 2.04. The van der Waals surface area contributed by atoms with Gasteiger partial charge in [0.05, 0.1) is 12.7 Å². The van der Waals surface area contributed by atoms with E-state index in [9.17, 15) is 5.11 Å². The fraction of sp³-hybridized carbons (Fsp3) is 0.750. The van der Waals surface area contributed by atoms with Crippen molar-refractivity contribution in [2.45, 2.75) is 52.8 Å². The van der Waals surface area contributed by atoms with E-state index < -0.39 is 6.10 Å². The molecule has 0 aliphatic heterocycles. The maximum absolute atomic E-state index is 10.1. The molecule has 0 aliphatic rings. The molecular weight excluding hydrogens is 270 g/mol. The molecule has 0 saturated carbocycles. The van der Waals surface area contributed by atoms with Gasteiger partial charge in [0, 0.05) is 25.7 Å². The molecule has 0 spiro atoms. The molecule has 4 heteroatoms. The first-order valence-corrected chi connectivity index (χ1v) is 8.48. The highest BCUT2D eigenvalue weighted by Gasteiger charge is 2.17. The summed E-state index contributed by atoms with van der Waals surface area (Å²) in [4.78, 5) is 2.34. The molecule has 20 heavy (non-hydrogen) atoms. The molecule has 0 aromatic carbocycles. The van der Waals surface area contributed by atoms with E-state index in [0.717, 1.165) is 13.0 Å². The van der Waals surface area contributed by atoms with Crippen LogP contribution in [0.4, 0.5) is 0 Å². The van der Waals surface area contributed by atoms with Gasteiger partial charge in [0.2, 0.25) is 0 Å². The number of ether oxygens (including phenoxy) is 1. The summed E-state index contributed by atoms with van der Waals surface area (Å²) in [5, 5.41) is 14.4. The van der Waals surface area contributed by atoms with Crippen LogP contribution in [0.1, 0.15) is 39.7 Å². The molecule has 3 nitrogen and oxygen atoms in total. The van der Waals surface area contributed by atoms with Gasteiger partial charge in [0.25, 0.3) is 0 Å². The molecule has 1 aromatic rings. The molecule has 1 rings (SSSR count). The highest BCUT2D eigenvalue weighted by molar-refractivity contribution is 7.07. The second-order valence-corrected chi connectivity index (χ2v) is 6.68. The first kappa shape index (κ1) is 17.6. The Bertz CT molecular complexity index is 340. The van der Waals surface area contributed by atoms with Gasteiger partial charge in [0.15, 0.2) is 0 Å². The van der Waals surface area contributed by atoms with Crippen molar-refractivity contribution < 1.29 is 9.84 Å². The first-order chi connectivity index (χ1) is 9.52. The van der Waals surface area contributed by atoms with E-state index in [1.165, 1.54) is 5.56 Å². The molecule has 1 heterocycles. The van der Waals surface area contributed by atoms with Crippen molar-refractivity contribution in [3.05, 3.63) is 22.4 Å². The predicted octanol–water partition coefficient (Wildman–Crippen LogP) is 3.38. The Labute approximate surface area is 127 Å². The number of nitrogens with zero attached hydrogens (tertiary/aromatic N) is 1. The number of thiophene rings is 1. The molecule has 0 fully saturated rings. The first-order valence-electron chi connectivity index (χ1n) is 7.53. The van der Waals surface area contributed by atoms with Crippen LogP contribution in [-0.2, 0) is 11.3 Å². The summed E-state index contributed by atoms with van der Waals surface area (Å²) in [6.45, 7) is 11.4. The molecule has 0 bridgehead atoms. The normalized spacial score (nSPS) is 14.9. The van der Waals surface area contributed by atoms with Gasteiger partial charge in [-0.1, -0.05) is 20.8 Å². The SMILES string of the molecule is CCC(C)N(Cc1ccsc1)CC(O)COCC(C)C. The Morgan fingerprint density at radius 2 is 2.05 bits per heavy atom. The second-order valence-electron chi connectivity index (χ2n) is 5.90. The standard InChI is InChI=1S/C16H29NO2S/c1-5-14(4)17(8-15-6-7-20-12-15)9-16(18)11-19-10-13(2)3/h6-7,12-14,16,18H,5,8-11H2,1-4H3. The van der Waals surface area contributed by atoms with Crippen LogP contribution in [-0.4, -0.2) is 41.9 Å². The summed E-state index contributed by atoms with van der Waals surface area (Å²) < 4.78 is 5.53. The van der Waals surface area contributed by atoms with E-state index in [4.69, 9.17) is 4.74 Å². The molecule has 0 radical (unpaired) electrons. The Balaban J connectivity index is 2.43. The van der Waals surface area contributed by atoms with Crippen molar-refractivity contribution in [1.82, 2.24) is 4.90 Å². The van der Waals surface area contributed by atoms with Crippen LogP contribution in [0.15, 0.2) is 16.8 Å². The van der Waals surface area contributed by atoms with E-state index in [2.05, 4.69) is 49.4 Å². The van der Waals surface area contributed by atoms with Crippen molar-refractivity contribution in [2.75, 3.05) is 19.8 Å². The van der Waals surface area contributed by atoms with E-state index in [1.807, 2.05) is 0 Å². The van der Waals surface area contributed by atoms with Crippen LogP contribution in [0.25, 0.3) is 0 Å². The lowest BCUT2D eigenvalue weighted by atomic mass is 10.1. The van der Waals surface area contributed by atoms with Crippen LogP contribution in [0, 0.1) is 5.92 Å². The average Bonchev–Trinajstić information content (AvgIpc) is 2.89. The average molecular weight is 299 g/mol. The van der Waals surface area contributed by atoms with Crippen molar-refractivity contribution in [3.8, 4) is 0 Å². The van der Waals surface area contributed by atoms with Gasteiger partial charge < -0.3 is 9.84 Å². The number of aliphatic hydroxyl groups is 1. The fourth-order valence-corrected chi connectivity index (χ4v) is 2.70. The van der Waals surface area contributed by atoms with Crippen molar-refractivity contribution in [1.29, 1.82) is 0 Å². The smallest absolute Gasteiger partial charge is 0.0900 e. The van der Waals surface area contributed by atoms with Crippen LogP contribution in [0.3, 0.4) is 0 Å². The Hall–Kier alpha value is -0.420. The van der Waals surface area contributed by atoms with Gasteiger partial charge in [-0.05, 0) is 41.7 Å². The van der Waals surface area contributed by atoms with Gasteiger partial charge >= 0.3 is 0 Å². The summed E-state index contributed by atoms with van der Waals surface area (Å²) in [5.74, 6) is 0.513.